The highest BCUT2D eigenvalue weighted by Crippen LogP contribution is 2.10. The van der Waals surface area contributed by atoms with Crippen LogP contribution in [0.1, 0.15) is 10.4 Å². The Morgan fingerprint density at radius 2 is 1.95 bits per heavy atom. The Labute approximate surface area is 110 Å². The summed E-state index contributed by atoms with van der Waals surface area (Å²) in [4.78, 5) is 30.4. The van der Waals surface area contributed by atoms with E-state index in [4.69, 9.17) is 5.11 Å². The van der Waals surface area contributed by atoms with Gasteiger partial charge in [0.15, 0.2) is 0 Å². The van der Waals surface area contributed by atoms with Crippen molar-refractivity contribution >= 4 is 17.7 Å². The van der Waals surface area contributed by atoms with Crippen molar-refractivity contribution in [1.29, 1.82) is 0 Å². The second-order valence-electron chi connectivity index (χ2n) is 4.49. The lowest BCUT2D eigenvalue weighted by atomic mass is 10.2. The zero-order valence-corrected chi connectivity index (χ0v) is 10.7. The Morgan fingerprint density at radius 3 is 2.58 bits per heavy atom. The van der Waals surface area contributed by atoms with Crippen LogP contribution in [0.5, 0.6) is 0 Å². The highest BCUT2D eigenvalue weighted by atomic mass is 16.4. The molecule has 0 radical (unpaired) electrons. The molecule has 102 valence electrons. The van der Waals surface area contributed by atoms with Crippen molar-refractivity contribution < 1.29 is 14.7 Å². The first-order valence-electron chi connectivity index (χ1n) is 5.99. The van der Waals surface area contributed by atoms with Crippen LogP contribution < -0.4 is 5.32 Å². The van der Waals surface area contributed by atoms with Gasteiger partial charge < -0.3 is 20.2 Å². The Bertz CT molecular complexity index is 484. The van der Waals surface area contributed by atoms with Gasteiger partial charge in [-0.15, -0.1) is 0 Å². The molecule has 1 saturated heterocycles. The van der Waals surface area contributed by atoms with Crippen LogP contribution >= 0.6 is 0 Å². The van der Waals surface area contributed by atoms with Gasteiger partial charge in [-0.3, -0.25) is 4.98 Å². The molecule has 2 rings (SSSR count). The van der Waals surface area contributed by atoms with Gasteiger partial charge in [-0.1, -0.05) is 0 Å². The zero-order valence-electron chi connectivity index (χ0n) is 10.7. The fourth-order valence-corrected chi connectivity index (χ4v) is 1.84. The number of carbonyl (C=O) groups excluding carboxylic acids is 1. The van der Waals surface area contributed by atoms with Crippen LogP contribution in [0, 0.1) is 0 Å². The fourth-order valence-electron chi connectivity index (χ4n) is 1.84. The summed E-state index contributed by atoms with van der Waals surface area (Å²) in [5, 5.41) is 11.5. The maximum atomic E-state index is 12.0. The molecule has 7 heteroatoms. The zero-order chi connectivity index (χ0) is 13.8. The molecule has 0 aromatic carbocycles. The second kappa shape index (κ2) is 5.66. The van der Waals surface area contributed by atoms with E-state index in [2.05, 4.69) is 15.2 Å². The van der Waals surface area contributed by atoms with Gasteiger partial charge in [0.25, 0.3) is 0 Å². The van der Waals surface area contributed by atoms with Gasteiger partial charge in [0.2, 0.25) is 0 Å². The number of anilines is 1. The van der Waals surface area contributed by atoms with Gasteiger partial charge in [-0.25, -0.2) is 9.59 Å². The van der Waals surface area contributed by atoms with Gasteiger partial charge in [0, 0.05) is 32.4 Å². The summed E-state index contributed by atoms with van der Waals surface area (Å²) in [6, 6.07) is 1.17. The quantitative estimate of drug-likeness (QED) is 0.815. The first kappa shape index (κ1) is 13.3. The summed E-state index contributed by atoms with van der Waals surface area (Å²) in [5.41, 5.74) is 0.444. The topological polar surface area (TPSA) is 85.8 Å². The smallest absolute Gasteiger partial charge is 0.337 e. The molecule has 1 aliphatic heterocycles. The summed E-state index contributed by atoms with van der Waals surface area (Å²) in [6.45, 7) is 2.99. The maximum Gasteiger partial charge on any atom is 0.337 e. The molecule has 0 atom stereocenters. The van der Waals surface area contributed by atoms with Gasteiger partial charge in [0.05, 0.1) is 17.4 Å². The van der Waals surface area contributed by atoms with Crippen LogP contribution in [0.3, 0.4) is 0 Å². The molecule has 1 aliphatic rings. The minimum absolute atomic E-state index is 0.0520. The predicted molar refractivity (Wildman–Crippen MR) is 69.3 cm³/mol. The number of aromatic nitrogens is 1. The van der Waals surface area contributed by atoms with Gasteiger partial charge >= 0.3 is 12.0 Å². The average molecular weight is 264 g/mol. The molecule has 19 heavy (non-hydrogen) atoms. The molecule has 2 amide bonds. The number of carbonyl (C=O) groups is 2. The predicted octanol–water partition coefficient (Wildman–Crippen LogP) is 0.559. The molecule has 1 aromatic heterocycles. The minimum atomic E-state index is -1.07. The molecule has 1 aromatic rings. The minimum Gasteiger partial charge on any atom is -0.478 e. The number of likely N-dealkylation sites (N-methyl/N-ethyl adjacent to an activating group) is 1. The molecule has 0 saturated carbocycles. The molecule has 0 unspecified atom stereocenters. The highest BCUT2D eigenvalue weighted by Gasteiger charge is 2.19. The summed E-state index contributed by atoms with van der Waals surface area (Å²) in [6.07, 6.45) is 2.67. The number of carboxylic acids is 1. The van der Waals surface area contributed by atoms with Crippen molar-refractivity contribution in [3.63, 3.8) is 0 Å². The first-order valence-corrected chi connectivity index (χ1v) is 5.99. The van der Waals surface area contributed by atoms with Crippen molar-refractivity contribution in [3.05, 3.63) is 24.0 Å². The third-order valence-corrected chi connectivity index (χ3v) is 3.03. The molecular weight excluding hydrogens is 248 g/mol. The van der Waals surface area contributed by atoms with E-state index in [-0.39, 0.29) is 11.6 Å². The molecule has 1 fully saturated rings. The lowest BCUT2D eigenvalue weighted by molar-refractivity contribution is 0.0696. The molecule has 2 N–H and O–H groups in total. The van der Waals surface area contributed by atoms with Crippen molar-refractivity contribution in [2.24, 2.45) is 0 Å². The number of carboxylic acid groups (broad SMARTS) is 1. The molecule has 7 nitrogen and oxygen atoms in total. The Morgan fingerprint density at radius 1 is 1.26 bits per heavy atom. The SMILES string of the molecule is CN1CCN(C(=O)Nc2cncc(C(=O)O)c2)CC1. The number of pyridine rings is 1. The number of nitrogens with one attached hydrogen (secondary N) is 1. The van der Waals surface area contributed by atoms with Crippen LogP contribution in [0.15, 0.2) is 18.5 Å². The largest absolute Gasteiger partial charge is 0.478 e. The third kappa shape index (κ3) is 3.41. The first-order chi connectivity index (χ1) is 9.06. The van der Waals surface area contributed by atoms with Gasteiger partial charge in [-0.2, -0.15) is 0 Å². The van der Waals surface area contributed by atoms with E-state index < -0.39 is 5.97 Å². The van der Waals surface area contributed by atoms with Crippen LogP contribution in [-0.2, 0) is 0 Å². The van der Waals surface area contributed by atoms with Gasteiger partial charge in [-0.05, 0) is 13.1 Å². The standard InChI is InChI=1S/C12H16N4O3/c1-15-2-4-16(5-3-15)12(19)14-10-6-9(11(17)18)7-13-8-10/h6-8H,2-5H2,1H3,(H,14,19)(H,17,18). The van der Waals surface area contributed by atoms with Crippen molar-refractivity contribution in [3.8, 4) is 0 Å². The average Bonchev–Trinajstić information content (AvgIpc) is 2.39. The summed E-state index contributed by atoms with van der Waals surface area (Å²) in [7, 11) is 2.01. The summed E-state index contributed by atoms with van der Waals surface area (Å²) >= 11 is 0. The van der Waals surface area contributed by atoms with E-state index in [9.17, 15) is 9.59 Å². The molecule has 0 spiro atoms. The van der Waals surface area contributed by atoms with E-state index >= 15 is 0 Å². The highest BCUT2D eigenvalue weighted by molar-refractivity contribution is 5.92. The number of amides is 2. The Hall–Kier alpha value is -2.15. The number of urea groups is 1. The van der Waals surface area contributed by atoms with E-state index in [1.165, 1.54) is 18.5 Å². The summed E-state index contributed by atoms with van der Waals surface area (Å²) < 4.78 is 0. The Kier molecular flexibility index (Phi) is 3.96. The van der Waals surface area contributed by atoms with Crippen LogP contribution in [-0.4, -0.2) is 65.1 Å². The molecule has 0 aliphatic carbocycles. The number of nitrogens with zero attached hydrogens (tertiary/aromatic N) is 3. The fraction of sp³-hybridized carbons (Fsp3) is 0.417. The molecule has 2 heterocycles. The van der Waals surface area contributed by atoms with Crippen molar-refractivity contribution in [2.45, 2.75) is 0 Å². The number of hydrogen-bond acceptors (Lipinski definition) is 4. The lowest BCUT2D eigenvalue weighted by Crippen LogP contribution is -2.48. The van der Waals surface area contributed by atoms with Crippen LogP contribution in [0.25, 0.3) is 0 Å². The summed E-state index contributed by atoms with van der Waals surface area (Å²) in [5.74, 6) is -1.07. The Balaban J connectivity index is 1.98. The van der Waals surface area contributed by atoms with Crippen LogP contribution in [0.4, 0.5) is 10.5 Å². The normalized spacial score (nSPS) is 16.2. The van der Waals surface area contributed by atoms with Gasteiger partial charge in [0.1, 0.15) is 0 Å². The monoisotopic (exact) mass is 264 g/mol. The molecule has 0 bridgehead atoms. The lowest BCUT2D eigenvalue weighted by Gasteiger charge is -2.32. The molecular formula is C12H16N4O3. The van der Waals surface area contributed by atoms with E-state index in [1.54, 1.807) is 4.90 Å². The van der Waals surface area contributed by atoms with E-state index in [0.29, 0.717) is 18.8 Å². The van der Waals surface area contributed by atoms with Crippen molar-refractivity contribution in [2.75, 3.05) is 38.5 Å². The second-order valence-corrected chi connectivity index (χ2v) is 4.49. The maximum absolute atomic E-state index is 12.0. The number of hydrogen-bond donors (Lipinski definition) is 2. The number of rotatable bonds is 2. The van der Waals surface area contributed by atoms with E-state index in [1.807, 2.05) is 7.05 Å². The van der Waals surface area contributed by atoms with E-state index in [0.717, 1.165) is 13.1 Å². The number of aromatic carboxylic acids is 1. The number of piperazine rings is 1. The van der Waals surface area contributed by atoms with Crippen molar-refractivity contribution in [1.82, 2.24) is 14.8 Å². The van der Waals surface area contributed by atoms with Crippen LogP contribution in [0.2, 0.25) is 0 Å². The third-order valence-electron chi connectivity index (χ3n) is 3.03.